The van der Waals surface area contributed by atoms with Gasteiger partial charge in [-0.15, -0.1) is 0 Å². The molecule has 0 spiro atoms. The summed E-state index contributed by atoms with van der Waals surface area (Å²) in [6.45, 7) is 0. The number of amides is 1. The molecule has 2 N–H and O–H groups in total. The lowest BCUT2D eigenvalue weighted by atomic mass is 10.0. The van der Waals surface area contributed by atoms with E-state index in [9.17, 15) is 19.3 Å². The summed E-state index contributed by atoms with van der Waals surface area (Å²) in [5, 5.41) is 11.1. The molecule has 2 aromatic rings. The molecule has 1 amide bonds. The SMILES string of the molecule is NC(=O)c1cc([N+](=O)[O-])cc(-c2cc(Cl)ccn2)c1F. The number of carbonyl (C=O) groups is 1. The molecule has 2 rings (SSSR count). The number of rotatable bonds is 3. The van der Waals surface area contributed by atoms with Gasteiger partial charge in [0.25, 0.3) is 11.6 Å². The van der Waals surface area contributed by atoms with Crippen molar-refractivity contribution in [2.75, 3.05) is 0 Å². The maximum absolute atomic E-state index is 14.2. The molecule has 1 aromatic heterocycles. The number of hydrogen-bond donors (Lipinski definition) is 1. The zero-order valence-corrected chi connectivity index (χ0v) is 10.6. The van der Waals surface area contributed by atoms with Crippen LogP contribution in [0.25, 0.3) is 11.3 Å². The Hall–Kier alpha value is -2.54. The van der Waals surface area contributed by atoms with E-state index in [1.165, 1.54) is 18.3 Å². The Morgan fingerprint density at radius 2 is 2.10 bits per heavy atom. The first kappa shape index (κ1) is 13.9. The van der Waals surface area contributed by atoms with Crippen LogP contribution in [-0.2, 0) is 0 Å². The van der Waals surface area contributed by atoms with Gasteiger partial charge in [-0.3, -0.25) is 19.9 Å². The summed E-state index contributed by atoms with van der Waals surface area (Å²) in [6, 6.07) is 4.55. The van der Waals surface area contributed by atoms with Crippen LogP contribution >= 0.6 is 11.6 Å². The van der Waals surface area contributed by atoms with Crippen LogP contribution in [0.1, 0.15) is 10.4 Å². The number of hydrogen-bond acceptors (Lipinski definition) is 4. The van der Waals surface area contributed by atoms with E-state index in [0.717, 1.165) is 12.1 Å². The highest BCUT2D eigenvalue weighted by molar-refractivity contribution is 6.30. The Bertz CT molecular complexity index is 721. The Balaban J connectivity index is 2.74. The van der Waals surface area contributed by atoms with Crippen LogP contribution in [0.3, 0.4) is 0 Å². The van der Waals surface area contributed by atoms with Crippen molar-refractivity contribution in [2.24, 2.45) is 5.73 Å². The van der Waals surface area contributed by atoms with Gasteiger partial charge >= 0.3 is 0 Å². The number of non-ortho nitro benzene ring substituents is 1. The molecule has 0 saturated heterocycles. The minimum Gasteiger partial charge on any atom is -0.366 e. The number of nitro benzene ring substituents is 1. The molecule has 0 saturated carbocycles. The monoisotopic (exact) mass is 295 g/mol. The molecule has 0 radical (unpaired) electrons. The van der Waals surface area contributed by atoms with E-state index in [4.69, 9.17) is 17.3 Å². The summed E-state index contributed by atoms with van der Waals surface area (Å²) in [4.78, 5) is 25.1. The van der Waals surface area contributed by atoms with E-state index in [2.05, 4.69) is 4.98 Å². The van der Waals surface area contributed by atoms with Gasteiger partial charge < -0.3 is 5.73 Å². The van der Waals surface area contributed by atoms with Crippen molar-refractivity contribution in [1.82, 2.24) is 4.98 Å². The molecule has 1 heterocycles. The highest BCUT2D eigenvalue weighted by Gasteiger charge is 2.21. The van der Waals surface area contributed by atoms with Crippen LogP contribution in [0.4, 0.5) is 10.1 Å². The Morgan fingerprint density at radius 3 is 2.65 bits per heavy atom. The first-order valence-electron chi connectivity index (χ1n) is 5.30. The largest absolute Gasteiger partial charge is 0.366 e. The standard InChI is InChI=1S/C12H7ClFN3O3/c13-6-1-2-16-10(3-6)8-4-7(17(19)20)5-9(11(8)14)12(15)18/h1-5H,(H2,15,18). The average molecular weight is 296 g/mol. The van der Waals surface area contributed by atoms with E-state index in [1.807, 2.05) is 0 Å². The Morgan fingerprint density at radius 1 is 1.40 bits per heavy atom. The zero-order chi connectivity index (χ0) is 14.9. The van der Waals surface area contributed by atoms with Crippen LogP contribution in [0.2, 0.25) is 5.02 Å². The number of halogens is 2. The first-order chi connectivity index (χ1) is 9.40. The quantitative estimate of drug-likeness (QED) is 0.694. The minimum atomic E-state index is -1.10. The molecule has 20 heavy (non-hydrogen) atoms. The van der Waals surface area contributed by atoms with Crippen molar-refractivity contribution in [3.63, 3.8) is 0 Å². The smallest absolute Gasteiger partial charge is 0.271 e. The summed E-state index contributed by atoms with van der Waals surface area (Å²) < 4.78 is 14.2. The van der Waals surface area contributed by atoms with E-state index < -0.39 is 27.9 Å². The highest BCUT2D eigenvalue weighted by atomic mass is 35.5. The summed E-state index contributed by atoms with van der Waals surface area (Å²) in [5.41, 5.74) is 3.84. The second kappa shape index (κ2) is 5.22. The first-order valence-corrected chi connectivity index (χ1v) is 5.67. The number of pyridine rings is 1. The highest BCUT2D eigenvalue weighted by Crippen LogP contribution is 2.29. The van der Waals surface area contributed by atoms with E-state index in [1.54, 1.807) is 0 Å². The van der Waals surface area contributed by atoms with Crippen LogP contribution in [-0.4, -0.2) is 15.8 Å². The van der Waals surface area contributed by atoms with Crippen molar-refractivity contribution in [1.29, 1.82) is 0 Å². The fraction of sp³-hybridized carbons (Fsp3) is 0. The zero-order valence-electron chi connectivity index (χ0n) is 9.84. The number of benzene rings is 1. The fourth-order valence-corrected chi connectivity index (χ4v) is 1.79. The number of nitrogens with zero attached hydrogens (tertiary/aromatic N) is 2. The van der Waals surface area contributed by atoms with Gasteiger partial charge in [0.15, 0.2) is 0 Å². The fourth-order valence-electron chi connectivity index (χ4n) is 1.63. The molecule has 8 heteroatoms. The third kappa shape index (κ3) is 2.57. The molecule has 1 aromatic carbocycles. The van der Waals surface area contributed by atoms with Crippen molar-refractivity contribution in [3.05, 3.63) is 57.0 Å². The second-order valence-electron chi connectivity index (χ2n) is 3.84. The molecule has 0 aliphatic rings. The van der Waals surface area contributed by atoms with E-state index >= 15 is 0 Å². The van der Waals surface area contributed by atoms with Crippen LogP contribution in [0.15, 0.2) is 30.5 Å². The topological polar surface area (TPSA) is 99.1 Å². The van der Waals surface area contributed by atoms with Crippen molar-refractivity contribution >= 4 is 23.2 Å². The van der Waals surface area contributed by atoms with Gasteiger partial charge in [-0.05, 0) is 12.1 Å². The molecule has 0 unspecified atom stereocenters. The van der Waals surface area contributed by atoms with Crippen molar-refractivity contribution in [2.45, 2.75) is 0 Å². The molecule has 102 valence electrons. The number of carbonyl (C=O) groups excluding carboxylic acids is 1. The third-order valence-electron chi connectivity index (χ3n) is 2.53. The molecule has 6 nitrogen and oxygen atoms in total. The van der Waals surface area contributed by atoms with Gasteiger partial charge in [0.1, 0.15) is 5.82 Å². The lowest BCUT2D eigenvalue weighted by Crippen LogP contribution is -2.14. The van der Waals surface area contributed by atoms with E-state index in [-0.39, 0.29) is 16.3 Å². The molecule has 0 aliphatic carbocycles. The lowest BCUT2D eigenvalue weighted by Gasteiger charge is -2.06. The number of primary amides is 1. The second-order valence-corrected chi connectivity index (χ2v) is 4.27. The van der Waals surface area contributed by atoms with Gasteiger partial charge in [0.2, 0.25) is 0 Å². The maximum Gasteiger partial charge on any atom is 0.271 e. The molecule has 0 fully saturated rings. The molecule has 0 bridgehead atoms. The van der Waals surface area contributed by atoms with Crippen LogP contribution in [0.5, 0.6) is 0 Å². The van der Waals surface area contributed by atoms with Crippen molar-refractivity contribution in [3.8, 4) is 11.3 Å². The number of aromatic nitrogens is 1. The molecular formula is C12H7ClFN3O3. The van der Waals surface area contributed by atoms with Crippen LogP contribution in [0, 0.1) is 15.9 Å². The third-order valence-corrected chi connectivity index (χ3v) is 2.77. The van der Waals surface area contributed by atoms with Gasteiger partial charge in [0.05, 0.1) is 16.2 Å². The Kier molecular flexibility index (Phi) is 3.62. The summed E-state index contributed by atoms with van der Waals surface area (Å²) in [5.74, 6) is -2.08. The number of nitro groups is 1. The normalized spacial score (nSPS) is 10.3. The van der Waals surface area contributed by atoms with Crippen molar-refractivity contribution < 1.29 is 14.1 Å². The molecule has 0 atom stereocenters. The number of nitrogens with two attached hydrogens (primary N) is 1. The molecular weight excluding hydrogens is 289 g/mol. The predicted molar refractivity (Wildman–Crippen MR) is 69.8 cm³/mol. The van der Waals surface area contributed by atoms with Gasteiger partial charge in [-0.25, -0.2) is 4.39 Å². The summed E-state index contributed by atoms with van der Waals surface area (Å²) >= 11 is 5.76. The molecule has 0 aliphatic heterocycles. The van der Waals surface area contributed by atoms with E-state index in [0.29, 0.717) is 0 Å². The average Bonchev–Trinajstić information content (AvgIpc) is 2.38. The summed E-state index contributed by atoms with van der Waals surface area (Å²) in [7, 11) is 0. The van der Waals surface area contributed by atoms with Crippen LogP contribution < -0.4 is 5.73 Å². The van der Waals surface area contributed by atoms with Gasteiger partial charge in [-0.1, -0.05) is 11.6 Å². The van der Waals surface area contributed by atoms with Gasteiger partial charge in [0, 0.05) is 28.9 Å². The summed E-state index contributed by atoms with van der Waals surface area (Å²) in [6.07, 6.45) is 1.32. The minimum absolute atomic E-state index is 0.0706. The Labute approximate surface area is 117 Å². The maximum atomic E-state index is 14.2. The lowest BCUT2D eigenvalue weighted by molar-refractivity contribution is -0.384. The van der Waals surface area contributed by atoms with Gasteiger partial charge in [-0.2, -0.15) is 0 Å². The predicted octanol–water partition coefficient (Wildman–Crippen LogP) is 2.55.